The van der Waals surface area contributed by atoms with Gasteiger partial charge in [-0.3, -0.25) is 9.59 Å². The van der Waals surface area contributed by atoms with Crippen LogP contribution in [0.3, 0.4) is 0 Å². The minimum atomic E-state index is -0.921. The summed E-state index contributed by atoms with van der Waals surface area (Å²) in [5.41, 5.74) is 5.71. The van der Waals surface area contributed by atoms with Crippen molar-refractivity contribution in [3.05, 3.63) is 140 Å². The number of carboxylic acids is 2. The third-order valence-corrected chi connectivity index (χ3v) is 10.2. The van der Waals surface area contributed by atoms with Gasteiger partial charge < -0.3 is 19.3 Å². The van der Waals surface area contributed by atoms with Gasteiger partial charge in [-0.05, 0) is 124 Å². The number of aromatic nitrogens is 2. The van der Waals surface area contributed by atoms with E-state index in [2.05, 4.69) is 9.13 Å². The highest BCUT2D eigenvalue weighted by atomic mass is 35.5. The van der Waals surface area contributed by atoms with Crippen LogP contribution in [0.15, 0.2) is 84.9 Å². The molecule has 0 saturated carbocycles. The fraction of sp³-hybridized carbons (Fsp3) is 0.286. The van der Waals surface area contributed by atoms with Crippen LogP contribution >= 0.6 is 23.2 Å². The number of aliphatic carboxylic acids is 2. The highest BCUT2D eigenvalue weighted by Crippen LogP contribution is 2.34. The highest BCUT2D eigenvalue weighted by molar-refractivity contribution is 6.30. The number of fused-ring (bicyclic) bond motifs is 2. The topological polar surface area (TPSA) is 84.5 Å². The molecule has 0 spiro atoms. The molecule has 0 fully saturated rings. The van der Waals surface area contributed by atoms with Gasteiger partial charge in [-0.25, -0.2) is 8.78 Å². The van der Waals surface area contributed by atoms with Gasteiger partial charge in [0, 0.05) is 69.2 Å². The van der Waals surface area contributed by atoms with Gasteiger partial charge in [0.1, 0.15) is 11.6 Å². The fourth-order valence-corrected chi connectivity index (χ4v) is 6.70. The normalized spacial score (nSPS) is 11.9. The molecule has 0 aliphatic rings. The number of benzene rings is 4. The van der Waals surface area contributed by atoms with Crippen LogP contribution in [0.1, 0.15) is 61.3 Å². The first kappa shape index (κ1) is 38.6. The number of rotatable bonds is 10. The number of halogens is 4. The first-order chi connectivity index (χ1) is 24.4. The van der Waals surface area contributed by atoms with Crippen molar-refractivity contribution in [2.24, 2.45) is 10.8 Å². The summed E-state index contributed by atoms with van der Waals surface area (Å²) in [5.74, 6) is -2.31. The Balaban J connectivity index is 0.000000201. The average Bonchev–Trinajstić information content (AvgIpc) is 3.47. The van der Waals surface area contributed by atoms with E-state index in [1.165, 1.54) is 24.3 Å². The summed E-state index contributed by atoms with van der Waals surface area (Å²) in [7, 11) is 0. The molecule has 0 saturated heterocycles. The number of nitrogens with zero attached hydrogens (tertiary/aromatic N) is 2. The maximum Gasteiger partial charge on any atom is 0.309 e. The summed E-state index contributed by atoms with van der Waals surface area (Å²) >= 11 is 11.9. The lowest BCUT2D eigenvalue weighted by Gasteiger charge is -2.21. The zero-order valence-electron chi connectivity index (χ0n) is 30.0. The third-order valence-electron chi connectivity index (χ3n) is 9.71. The number of hydrogen-bond acceptors (Lipinski definition) is 2. The summed E-state index contributed by atoms with van der Waals surface area (Å²) < 4.78 is 31.7. The first-order valence-corrected chi connectivity index (χ1v) is 17.6. The summed E-state index contributed by atoms with van der Waals surface area (Å²) in [6, 6.07) is 24.5. The van der Waals surface area contributed by atoms with Crippen LogP contribution in [-0.4, -0.2) is 31.3 Å². The SMILES string of the molecule is Cc1c(CC(C)(C)C(=O)O)n(Cc2ccc(Cl)cc2)c2ccc(F)cc12.Cc1c(CC(C)(C)C(=O)O)n(Cc2ccc(Cl)cc2)c2ccc(F)cc12. The van der Waals surface area contributed by atoms with Crippen LogP contribution in [-0.2, 0) is 35.5 Å². The van der Waals surface area contributed by atoms with Crippen molar-refractivity contribution in [2.45, 2.75) is 67.5 Å². The van der Waals surface area contributed by atoms with Crippen molar-refractivity contribution in [3.8, 4) is 0 Å². The molecule has 6 aromatic rings. The number of carboxylic acid groups (broad SMARTS) is 2. The highest BCUT2D eigenvalue weighted by Gasteiger charge is 2.32. The van der Waals surface area contributed by atoms with E-state index in [0.29, 0.717) is 36.0 Å². The quantitative estimate of drug-likeness (QED) is 0.146. The standard InChI is InChI=1S/2C21H21ClFNO2/c2*1-13-17-10-16(23)8-9-18(17)24(12-14-4-6-15(22)7-5-14)19(13)11-21(2,3)20(25)26/h2*4-10H,11-12H2,1-3H3,(H,25,26). The predicted molar refractivity (Wildman–Crippen MR) is 205 cm³/mol. The van der Waals surface area contributed by atoms with E-state index in [0.717, 1.165) is 55.4 Å². The molecule has 52 heavy (non-hydrogen) atoms. The lowest BCUT2D eigenvalue weighted by Crippen LogP contribution is -2.27. The average molecular weight is 748 g/mol. The summed E-state index contributed by atoms with van der Waals surface area (Å²) in [6.45, 7) is 11.8. The van der Waals surface area contributed by atoms with Gasteiger partial charge in [0.15, 0.2) is 0 Å². The van der Waals surface area contributed by atoms with Gasteiger partial charge in [-0.2, -0.15) is 0 Å². The van der Waals surface area contributed by atoms with Crippen LogP contribution in [0.4, 0.5) is 8.78 Å². The molecule has 6 rings (SSSR count). The maximum atomic E-state index is 13.8. The maximum absolute atomic E-state index is 13.8. The monoisotopic (exact) mass is 746 g/mol. The van der Waals surface area contributed by atoms with Crippen molar-refractivity contribution >= 4 is 56.9 Å². The second kappa shape index (κ2) is 15.1. The largest absolute Gasteiger partial charge is 0.481 e. The van der Waals surface area contributed by atoms with Crippen molar-refractivity contribution in [1.82, 2.24) is 9.13 Å². The van der Waals surface area contributed by atoms with Crippen LogP contribution in [0.25, 0.3) is 21.8 Å². The third kappa shape index (κ3) is 8.35. The van der Waals surface area contributed by atoms with E-state index in [9.17, 15) is 28.6 Å². The second-order valence-corrected chi connectivity index (χ2v) is 15.5. The zero-order chi connectivity index (χ0) is 38.1. The number of aryl methyl sites for hydroxylation is 2. The predicted octanol–water partition coefficient (Wildman–Crippen LogP) is 10.9. The lowest BCUT2D eigenvalue weighted by molar-refractivity contribution is -0.147. The smallest absolute Gasteiger partial charge is 0.309 e. The molecule has 2 heterocycles. The molecule has 0 amide bonds. The van der Waals surface area contributed by atoms with Gasteiger partial charge in [0.25, 0.3) is 0 Å². The Morgan fingerprint density at radius 1 is 0.596 bits per heavy atom. The molecule has 4 aromatic carbocycles. The Kier molecular flexibility index (Phi) is 11.2. The molecular weight excluding hydrogens is 705 g/mol. The molecule has 6 nitrogen and oxygen atoms in total. The minimum Gasteiger partial charge on any atom is -0.481 e. The molecule has 0 radical (unpaired) electrons. The van der Waals surface area contributed by atoms with Gasteiger partial charge in [0.2, 0.25) is 0 Å². The zero-order valence-corrected chi connectivity index (χ0v) is 31.5. The molecule has 0 atom stereocenters. The molecule has 0 aliphatic heterocycles. The molecular formula is C42H42Cl2F2N2O4. The molecule has 10 heteroatoms. The summed E-state index contributed by atoms with van der Waals surface area (Å²) in [4.78, 5) is 23.3. The fourth-order valence-electron chi connectivity index (χ4n) is 6.45. The van der Waals surface area contributed by atoms with Gasteiger partial charge in [-0.1, -0.05) is 47.5 Å². The summed E-state index contributed by atoms with van der Waals surface area (Å²) in [6.07, 6.45) is 0.718. The Bertz CT molecular complexity index is 2110. The van der Waals surface area contributed by atoms with Crippen LogP contribution in [0.2, 0.25) is 10.0 Å². The first-order valence-electron chi connectivity index (χ1n) is 16.9. The molecule has 2 N–H and O–H groups in total. The van der Waals surface area contributed by atoms with Crippen molar-refractivity contribution in [1.29, 1.82) is 0 Å². The second-order valence-electron chi connectivity index (χ2n) is 14.6. The van der Waals surface area contributed by atoms with Crippen molar-refractivity contribution < 1.29 is 28.6 Å². The molecule has 272 valence electrons. The Morgan fingerprint density at radius 2 is 0.923 bits per heavy atom. The van der Waals surface area contributed by atoms with E-state index in [4.69, 9.17) is 23.2 Å². The van der Waals surface area contributed by atoms with E-state index in [1.807, 2.05) is 62.4 Å². The van der Waals surface area contributed by atoms with Crippen LogP contribution in [0.5, 0.6) is 0 Å². The summed E-state index contributed by atoms with van der Waals surface area (Å²) in [5, 5.41) is 22.0. The van der Waals surface area contributed by atoms with Crippen LogP contribution < -0.4 is 0 Å². The van der Waals surface area contributed by atoms with E-state index >= 15 is 0 Å². The number of hydrogen-bond donors (Lipinski definition) is 2. The number of carbonyl (C=O) groups is 2. The Labute approximate surface area is 312 Å². The van der Waals surface area contributed by atoms with Gasteiger partial charge in [-0.15, -0.1) is 0 Å². The van der Waals surface area contributed by atoms with Crippen molar-refractivity contribution in [3.63, 3.8) is 0 Å². The van der Waals surface area contributed by atoms with Gasteiger partial charge in [0.05, 0.1) is 10.8 Å². The molecule has 2 aromatic heterocycles. The van der Waals surface area contributed by atoms with Gasteiger partial charge >= 0.3 is 11.9 Å². The van der Waals surface area contributed by atoms with Crippen molar-refractivity contribution in [2.75, 3.05) is 0 Å². The Hall–Kier alpha value is -4.66. The molecule has 0 unspecified atom stereocenters. The minimum absolute atomic E-state index is 0.298. The Morgan fingerprint density at radius 3 is 1.23 bits per heavy atom. The van der Waals surface area contributed by atoms with E-state index < -0.39 is 22.8 Å². The lowest BCUT2D eigenvalue weighted by atomic mass is 9.87. The van der Waals surface area contributed by atoms with Crippen LogP contribution in [0, 0.1) is 36.3 Å². The molecule has 0 aliphatic carbocycles. The van der Waals surface area contributed by atoms with E-state index in [-0.39, 0.29) is 11.6 Å². The van der Waals surface area contributed by atoms with E-state index in [1.54, 1.807) is 39.8 Å². The molecule has 0 bridgehead atoms.